The molecule has 140 valence electrons. The quantitative estimate of drug-likeness (QED) is 0.722. The van der Waals surface area contributed by atoms with Gasteiger partial charge < -0.3 is 9.80 Å². The highest BCUT2D eigenvalue weighted by atomic mass is 16.1. The molecule has 2 heterocycles. The van der Waals surface area contributed by atoms with Gasteiger partial charge >= 0.3 is 0 Å². The number of quaternary nitrogens is 1. The minimum absolute atomic E-state index is 0.0586. The number of nitrogens with one attached hydrogen (secondary N) is 2. The van der Waals surface area contributed by atoms with Gasteiger partial charge in [-0.05, 0) is 0 Å². The van der Waals surface area contributed by atoms with Crippen molar-refractivity contribution in [3.63, 3.8) is 0 Å². The van der Waals surface area contributed by atoms with Crippen LogP contribution in [0.25, 0.3) is 11.3 Å². The second-order valence-electron chi connectivity index (χ2n) is 6.99. The molecule has 1 aliphatic heterocycles. The van der Waals surface area contributed by atoms with Crippen molar-refractivity contribution in [2.24, 2.45) is 0 Å². The third-order valence-electron chi connectivity index (χ3n) is 5.13. The lowest BCUT2D eigenvalue weighted by Gasteiger charge is -2.32. The first-order chi connectivity index (χ1) is 13.7. The van der Waals surface area contributed by atoms with E-state index >= 15 is 0 Å². The molecule has 3 aromatic rings. The fraction of sp³-hybridized carbons (Fsp3) is 0.227. The Hall–Kier alpha value is -3.43. The molecule has 1 aliphatic rings. The molecule has 0 saturated carbocycles. The summed E-state index contributed by atoms with van der Waals surface area (Å²) >= 11 is 0. The molecule has 1 saturated heterocycles. The van der Waals surface area contributed by atoms with E-state index in [0.717, 1.165) is 38.3 Å². The molecule has 0 unspecified atom stereocenters. The lowest BCUT2D eigenvalue weighted by molar-refractivity contribution is -0.914. The Balaban J connectivity index is 1.53. The molecule has 0 spiro atoms. The monoisotopic (exact) mass is 372 g/mol. The van der Waals surface area contributed by atoms with Gasteiger partial charge in [0.05, 0.1) is 31.9 Å². The van der Waals surface area contributed by atoms with Gasteiger partial charge in [-0.1, -0.05) is 60.7 Å². The summed E-state index contributed by atoms with van der Waals surface area (Å²) in [7, 11) is 0. The van der Waals surface area contributed by atoms with E-state index in [4.69, 9.17) is 0 Å². The van der Waals surface area contributed by atoms with Crippen molar-refractivity contribution in [1.82, 2.24) is 9.97 Å². The highest BCUT2D eigenvalue weighted by Crippen LogP contribution is 2.20. The average Bonchev–Trinajstić information content (AvgIpc) is 2.75. The molecule has 0 radical (unpaired) electrons. The summed E-state index contributed by atoms with van der Waals surface area (Å²) in [5, 5.41) is 9.41. The number of hydrogen-bond donors (Lipinski definition) is 2. The Morgan fingerprint density at radius 3 is 2.32 bits per heavy atom. The average molecular weight is 372 g/mol. The van der Waals surface area contributed by atoms with Crippen molar-refractivity contribution in [3.8, 4) is 17.3 Å². The summed E-state index contributed by atoms with van der Waals surface area (Å²) in [6.45, 7) is 4.57. The van der Waals surface area contributed by atoms with Gasteiger partial charge in [-0.3, -0.25) is 9.78 Å². The number of nitrogens with zero attached hydrogens (tertiary/aromatic N) is 3. The fourth-order valence-corrected chi connectivity index (χ4v) is 3.62. The molecule has 6 heteroatoms. The molecule has 0 atom stereocenters. The number of benzene rings is 2. The summed E-state index contributed by atoms with van der Waals surface area (Å²) in [5.41, 5.74) is 2.23. The first kappa shape index (κ1) is 18.0. The van der Waals surface area contributed by atoms with E-state index in [1.807, 2.05) is 42.5 Å². The van der Waals surface area contributed by atoms with Crippen LogP contribution in [0.5, 0.6) is 0 Å². The zero-order chi connectivity index (χ0) is 19.3. The number of hydrogen-bond acceptors (Lipinski definition) is 4. The molecule has 0 amide bonds. The third kappa shape index (κ3) is 3.80. The lowest BCUT2D eigenvalue weighted by Crippen LogP contribution is -3.13. The van der Waals surface area contributed by atoms with Crippen LogP contribution in [-0.4, -0.2) is 36.1 Å². The topological polar surface area (TPSA) is 77.2 Å². The van der Waals surface area contributed by atoms with Crippen LogP contribution in [-0.2, 0) is 6.54 Å². The molecule has 0 bridgehead atoms. The van der Waals surface area contributed by atoms with Crippen molar-refractivity contribution in [2.45, 2.75) is 6.54 Å². The van der Waals surface area contributed by atoms with Crippen LogP contribution < -0.4 is 15.4 Å². The molecule has 6 nitrogen and oxygen atoms in total. The van der Waals surface area contributed by atoms with Crippen LogP contribution >= 0.6 is 0 Å². The molecule has 28 heavy (non-hydrogen) atoms. The molecular formula is C22H22N5O+. The highest BCUT2D eigenvalue weighted by molar-refractivity contribution is 5.67. The Bertz CT molecular complexity index is 1030. The van der Waals surface area contributed by atoms with Gasteiger partial charge in [0, 0.05) is 11.1 Å². The highest BCUT2D eigenvalue weighted by Gasteiger charge is 2.23. The molecular weight excluding hydrogens is 350 g/mol. The molecule has 1 fully saturated rings. The van der Waals surface area contributed by atoms with Gasteiger partial charge in [-0.15, -0.1) is 0 Å². The van der Waals surface area contributed by atoms with Crippen LogP contribution in [0.4, 0.5) is 5.95 Å². The second-order valence-corrected chi connectivity index (χ2v) is 6.99. The summed E-state index contributed by atoms with van der Waals surface area (Å²) in [4.78, 5) is 23.5. The van der Waals surface area contributed by atoms with E-state index in [1.54, 1.807) is 0 Å². The molecule has 2 N–H and O–H groups in total. The summed E-state index contributed by atoms with van der Waals surface area (Å²) < 4.78 is 0. The van der Waals surface area contributed by atoms with Crippen LogP contribution in [0.3, 0.4) is 0 Å². The normalized spacial score (nSPS) is 14.6. The smallest absolute Gasteiger partial charge is 0.270 e. The summed E-state index contributed by atoms with van der Waals surface area (Å²) in [6.07, 6.45) is 0. The van der Waals surface area contributed by atoms with Crippen LogP contribution in [0.15, 0.2) is 65.5 Å². The Morgan fingerprint density at radius 2 is 1.68 bits per heavy atom. The first-order valence-electron chi connectivity index (χ1n) is 9.47. The van der Waals surface area contributed by atoms with Crippen LogP contribution in [0.1, 0.15) is 11.1 Å². The standard InChI is InChI=1S/C22H21N5O/c23-15-19-20(18-9-5-2-6-10-18)24-22(25-21(19)28)27-13-11-26(12-14-27)16-17-7-3-1-4-8-17/h1-10H,11-14,16H2,(H,24,25,28)/p+1. The van der Waals surface area contributed by atoms with Crippen molar-refractivity contribution >= 4 is 5.95 Å². The number of aromatic nitrogens is 2. The van der Waals surface area contributed by atoms with Crippen molar-refractivity contribution in [2.75, 3.05) is 31.1 Å². The van der Waals surface area contributed by atoms with Crippen molar-refractivity contribution < 1.29 is 4.90 Å². The predicted octanol–water partition coefficient (Wildman–Crippen LogP) is 1.21. The minimum Gasteiger partial charge on any atom is -0.331 e. The molecule has 4 rings (SSSR count). The van der Waals surface area contributed by atoms with Gasteiger partial charge in [0.25, 0.3) is 5.56 Å². The second kappa shape index (κ2) is 8.07. The Kier molecular flexibility index (Phi) is 5.18. The fourth-order valence-electron chi connectivity index (χ4n) is 3.62. The van der Waals surface area contributed by atoms with Gasteiger partial charge in [0.2, 0.25) is 5.95 Å². The van der Waals surface area contributed by atoms with Gasteiger partial charge in [0.15, 0.2) is 0 Å². The largest absolute Gasteiger partial charge is 0.331 e. The van der Waals surface area contributed by atoms with Gasteiger partial charge in [-0.2, -0.15) is 5.26 Å². The molecule has 2 aromatic carbocycles. The predicted molar refractivity (Wildman–Crippen MR) is 108 cm³/mol. The molecule has 1 aromatic heterocycles. The number of aromatic amines is 1. The number of H-pyrrole nitrogens is 1. The van der Waals surface area contributed by atoms with E-state index < -0.39 is 0 Å². The van der Waals surface area contributed by atoms with E-state index in [1.165, 1.54) is 10.5 Å². The number of anilines is 1. The molecule has 0 aliphatic carbocycles. The maximum absolute atomic E-state index is 12.5. The number of rotatable bonds is 4. The lowest BCUT2D eigenvalue weighted by atomic mass is 10.1. The van der Waals surface area contributed by atoms with E-state index in [-0.39, 0.29) is 11.1 Å². The van der Waals surface area contributed by atoms with Crippen molar-refractivity contribution in [3.05, 3.63) is 82.1 Å². The Morgan fingerprint density at radius 1 is 1.04 bits per heavy atom. The SMILES string of the molecule is N#Cc1c(-c2ccccc2)nc(N2CC[NH+](Cc3ccccc3)CC2)[nH]c1=O. The van der Waals surface area contributed by atoms with E-state index in [0.29, 0.717) is 11.6 Å². The van der Waals surface area contributed by atoms with Crippen LogP contribution in [0.2, 0.25) is 0 Å². The van der Waals surface area contributed by atoms with Gasteiger partial charge in [-0.25, -0.2) is 4.98 Å². The maximum Gasteiger partial charge on any atom is 0.270 e. The minimum atomic E-state index is -0.384. The van der Waals surface area contributed by atoms with Gasteiger partial charge in [0.1, 0.15) is 18.2 Å². The summed E-state index contributed by atoms with van der Waals surface area (Å²) in [5.74, 6) is 0.543. The zero-order valence-corrected chi connectivity index (χ0v) is 15.6. The number of piperazine rings is 1. The van der Waals surface area contributed by atoms with E-state index in [2.05, 4.69) is 39.1 Å². The Labute approximate surface area is 163 Å². The summed E-state index contributed by atoms with van der Waals surface area (Å²) in [6, 6.07) is 21.9. The van der Waals surface area contributed by atoms with Crippen molar-refractivity contribution in [1.29, 1.82) is 5.26 Å². The number of nitriles is 1. The third-order valence-corrected chi connectivity index (χ3v) is 5.13. The maximum atomic E-state index is 12.5. The first-order valence-corrected chi connectivity index (χ1v) is 9.47. The zero-order valence-electron chi connectivity index (χ0n) is 15.6. The van der Waals surface area contributed by atoms with Crippen LogP contribution in [0, 0.1) is 11.3 Å². The van der Waals surface area contributed by atoms with E-state index in [9.17, 15) is 10.1 Å².